The van der Waals surface area contributed by atoms with Crippen LogP contribution in [-0.4, -0.2) is 63.5 Å². The van der Waals surface area contributed by atoms with Crippen LogP contribution in [0.1, 0.15) is 31.7 Å². The number of imide groups is 1. The van der Waals surface area contributed by atoms with Crippen molar-refractivity contribution in [3.63, 3.8) is 0 Å². The first-order valence-corrected chi connectivity index (χ1v) is 10.3. The number of phenols is 1. The summed E-state index contributed by atoms with van der Waals surface area (Å²) in [6.45, 7) is 1.05. The summed E-state index contributed by atoms with van der Waals surface area (Å²) in [4.78, 5) is 26.0. The molecule has 4 N–H and O–H groups in total. The first kappa shape index (κ1) is 23.1. The Labute approximate surface area is 180 Å². The van der Waals surface area contributed by atoms with E-state index in [4.69, 9.17) is 0 Å². The maximum absolute atomic E-state index is 13.5. The molecule has 31 heavy (non-hydrogen) atoms. The minimum Gasteiger partial charge on any atom is -0.505 e. The Balaban J connectivity index is 1.78. The molecule has 1 aliphatic heterocycles. The summed E-state index contributed by atoms with van der Waals surface area (Å²) >= 11 is 0. The largest absolute Gasteiger partial charge is 0.505 e. The molecule has 0 spiro atoms. The van der Waals surface area contributed by atoms with Gasteiger partial charge >= 0.3 is 0 Å². The number of hydrogen-bond acceptors (Lipinski definition) is 6. The van der Waals surface area contributed by atoms with E-state index in [1.165, 1.54) is 19.2 Å². The molecule has 1 fully saturated rings. The van der Waals surface area contributed by atoms with Gasteiger partial charge in [-0.3, -0.25) is 14.5 Å². The van der Waals surface area contributed by atoms with Gasteiger partial charge in [-0.2, -0.15) is 0 Å². The zero-order valence-corrected chi connectivity index (χ0v) is 17.6. The van der Waals surface area contributed by atoms with Crippen LogP contribution in [0.2, 0.25) is 0 Å². The van der Waals surface area contributed by atoms with E-state index >= 15 is 0 Å². The van der Waals surface area contributed by atoms with E-state index in [0.717, 1.165) is 10.5 Å². The van der Waals surface area contributed by atoms with Crippen molar-refractivity contribution in [2.45, 2.75) is 32.3 Å². The van der Waals surface area contributed by atoms with Crippen molar-refractivity contribution in [1.29, 1.82) is 0 Å². The van der Waals surface area contributed by atoms with Gasteiger partial charge in [-0.25, -0.2) is 4.39 Å². The van der Waals surface area contributed by atoms with Gasteiger partial charge in [-0.15, -0.1) is 0 Å². The number of benzene rings is 1. The second-order valence-electron chi connectivity index (χ2n) is 8.33. The van der Waals surface area contributed by atoms with Crippen molar-refractivity contribution in [1.82, 2.24) is 4.90 Å². The third kappa shape index (κ3) is 4.42. The van der Waals surface area contributed by atoms with Crippen LogP contribution in [0.5, 0.6) is 5.75 Å². The molecule has 2 amide bonds. The van der Waals surface area contributed by atoms with Gasteiger partial charge in [0, 0.05) is 13.0 Å². The van der Waals surface area contributed by atoms with E-state index in [-0.39, 0.29) is 31.3 Å². The Morgan fingerprint density at radius 1 is 1.29 bits per heavy atom. The average Bonchev–Trinajstić information content (AvgIpc) is 2.97. The van der Waals surface area contributed by atoms with Crippen molar-refractivity contribution in [3.8, 4) is 5.75 Å². The number of phenolic OH excluding ortho intramolecular Hbond substituents is 1. The van der Waals surface area contributed by atoms with Crippen LogP contribution in [0.4, 0.5) is 4.39 Å². The summed E-state index contributed by atoms with van der Waals surface area (Å²) in [5.41, 5.74) is 2.36. The number of carbonyl (C=O) groups excluding carboxylic acids is 2. The highest BCUT2D eigenvalue weighted by atomic mass is 19.1. The number of likely N-dealkylation sites (tertiary alicyclic amines) is 1. The number of fused-ring (bicyclic) bond motifs is 1. The van der Waals surface area contributed by atoms with Gasteiger partial charge in [0.15, 0.2) is 11.6 Å². The summed E-state index contributed by atoms with van der Waals surface area (Å²) in [5, 5.41) is 40.0. The van der Waals surface area contributed by atoms with E-state index in [2.05, 4.69) is 0 Å². The summed E-state index contributed by atoms with van der Waals surface area (Å²) in [7, 11) is 1.41. The first-order valence-electron chi connectivity index (χ1n) is 10.3. The number of aliphatic hydroxyl groups excluding tert-OH is 3. The van der Waals surface area contributed by atoms with E-state index < -0.39 is 42.0 Å². The minimum absolute atomic E-state index is 0.181. The van der Waals surface area contributed by atoms with E-state index in [0.29, 0.717) is 23.1 Å². The van der Waals surface area contributed by atoms with Crippen molar-refractivity contribution < 1.29 is 34.4 Å². The highest BCUT2D eigenvalue weighted by Crippen LogP contribution is 2.45. The molecule has 4 atom stereocenters. The van der Waals surface area contributed by atoms with Crippen LogP contribution in [0, 0.1) is 23.6 Å². The predicted octanol–water partition coefficient (Wildman–Crippen LogP) is 1.61. The molecule has 1 heterocycles. The molecule has 168 valence electrons. The number of carbonyl (C=O) groups is 2. The minimum atomic E-state index is -1.01. The molecular formula is C23H28FNO6. The van der Waals surface area contributed by atoms with E-state index in [1.807, 2.05) is 6.92 Å². The number of nitrogens with zero attached hydrogens (tertiary/aromatic N) is 1. The molecule has 1 aromatic rings. The normalized spacial score (nSPS) is 25.3. The predicted molar refractivity (Wildman–Crippen MR) is 111 cm³/mol. The maximum atomic E-state index is 13.5. The Morgan fingerprint density at radius 2 is 2.00 bits per heavy atom. The quantitative estimate of drug-likeness (QED) is 0.383. The number of rotatable bonds is 7. The van der Waals surface area contributed by atoms with E-state index in [9.17, 15) is 34.4 Å². The fourth-order valence-corrected chi connectivity index (χ4v) is 4.75. The molecule has 0 saturated carbocycles. The lowest BCUT2D eigenvalue weighted by Crippen LogP contribution is -2.39. The van der Waals surface area contributed by atoms with Gasteiger partial charge in [0.2, 0.25) is 11.8 Å². The molecule has 0 radical (unpaired) electrons. The number of aromatic hydroxyl groups is 1. The summed E-state index contributed by atoms with van der Waals surface area (Å²) in [5.74, 6) is -3.94. The van der Waals surface area contributed by atoms with Crippen LogP contribution in [0.15, 0.2) is 34.9 Å². The molecule has 0 unspecified atom stereocenters. The van der Waals surface area contributed by atoms with Crippen molar-refractivity contribution in [3.05, 3.63) is 46.3 Å². The van der Waals surface area contributed by atoms with Crippen molar-refractivity contribution in [2.24, 2.45) is 17.8 Å². The monoisotopic (exact) mass is 433 g/mol. The molecule has 3 rings (SSSR count). The molecule has 0 bridgehead atoms. The zero-order chi connectivity index (χ0) is 22.9. The molecule has 1 saturated heterocycles. The Hall–Kier alpha value is -2.55. The van der Waals surface area contributed by atoms with Gasteiger partial charge in [-0.1, -0.05) is 17.7 Å². The Kier molecular flexibility index (Phi) is 6.93. The Morgan fingerprint density at radius 3 is 2.61 bits per heavy atom. The van der Waals surface area contributed by atoms with Gasteiger partial charge in [-0.05, 0) is 55.0 Å². The lowest BCUT2D eigenvalue weighted by atomic mass is 9.68. The Bertz CT molecular complexity index is 940. The van der Waals surface area contributed by atoms with Gasteiger partial charge < -0.3 is 20.4 Å². The number of allylic oxidation sites excluding steroid dienone is 1. The third-order valence-corrected chi connectivity index (χ3v) is 6.35. The molecule has 2 aliphatic rings. The lowest BCUT2D eigenvalue weighted by molar-refractivity contribution is -0.138. The highest BCUT2D eigenvalue weighted by Gasteiger charge is 2.53. The number of amides is 2. The molecule has 1 aliphatic carbocycles. The van der Waals surface area contributed by atoms with Crippen LogP contribution in [-0.2, 0) is 9.59 Å². The standard InChI is InChI=1S/C23H28FNO6/c1-12(7-13-4-6-18(28)17(24)8-13)3-5-19(29)20-14(10-26)9-15-21(16(20)11-27)23(31)25(2)22(15)30/h4,6-8,15-16,19,21,26-29H,3,5,9-11H2,1-2H3/b12-7+/t15-,16+,19-,21-/m1/s1. The van der Waals surface area contributed by atoms with Crippen LogP contribution in [0.25, 0.3) is 6.08 Å². The van der Waals surface area contributed by atoms with Crippen LogP contribution >= 0.6 is 0 Å². The second-order valence-corrected chi connectivity index (χ2v) is 8.33. The third-order valence-electron chi connectivity index (χ3n) is 6.35. The van der Waals surface area contributed by atoms with E-state index in [1.54, 1.807) is 12.1 Å². The molecule has 8 heteroatoms. The molecular weight excluding hydrogens is 405 g/mol. The SMILES string of the molecule is C/C(=C\c1ccc(O)c(F)c1)CC[C@@H](O)C1=C(CO)C[C@H]2C(=O)N(C)C(=O)[C@H]2[C@H]1CO. The fourth-order valence-electron chi connectivity index (χ4n) is 4.75. The maximum Gasteiger partial charge on any atom is 0.233 e. The van der Waals surface area contributed by atoms with Crippen molar-refractivity contribution >= 4 is 17.9 Å². The number of halogens is 1. The first-order chi connectivity index (χ1) is 14.7. The summed E-state index contributed by atoms with van der Waals surface area (Å²) in [6.07, 6.45) is 1.64. The smallest absolute Gasteiger partial charge is 0.233 e. The number of aliphatic hydroxyl groups is 3. The molecule has 1 aromatic carbocycles. The van der Waals surface area contributed by atoms with Crippen LogP contribution in [0.3, 0.4) is 0 Å². The van der Waals surface area contributed by atoms with Gasteiger partial charge in [0.05, 0.1) is 31.2 Å². The molecule has 7 nitrogen and oxygen atoms in total. The van der Waals surface area contributed by atoms with Crippen LogP contribution < -0.4 is 0 Å². The molecule has 0 aromatic heterocycles. The lowest BCUT2D eigenvalue weighted by Gasteiger charge is -2.36. The van der Waals surface area contributed by atoms with Crippen molar-refractivity contribution in [2.75, 3.05) is 20.3 Å². The zero-order valence-electron chi connectivity index (χ0n) is 17.6. The second kappa shape index (κ2) is 9.30. The van der Waals surface area contributed by atoms with Gasteiger partial charge in [0.25, 0.3) is 0 Å². The number of hydrogen-bond donors (Lipinski definition) is 4. The average molecular weight is 433 g/mol. The highest BCUT2D eigenvalue weighted by molar-refractivity contribution is 6.05. The van der Waals surface area contributed by atoms with Gasteiger partial charge in [0.1, 0.15) is 0 Å². The summed E-state index contributed by atoms with van der Waals surface area (Å²) < 4.78 is 13.5. The topological polar surface area (TPSA) is 118 Å². The summed E-state index contributed by atoms with van der Waals surface area (Å²) in [6, 6.07) is 4.06. The fraction of sp³-hybridized carbons (Fsp3) is 0.478.